The lowest BCUT2D eigenvalue weighted by atomic mass is 9.80. The molecule has 2 atom stereocenters. The van der Waals surface area contributed by atoms with Crippen molar-refractivity contribution in [1.82, 2.24) is 4.90 Å². The van der Waals surface area contributed by atoms with E-state index in [-0.39, 0.29) is 6.09 Å². The van der Waals surface area contributed by atoms with Gasteiger partial charge in [0.1, 0.15) is 5.60 Å². The third kappa shape index (κ3) is 2.81. The molecule has 0 N–H and O–H groups in total. The second-order valence-corrected chi connectivity index (χ2v) is 9.22. The minimum absolute atomic E-state index is 0.171. The summed E-state index contributed by atoms with van der Waals surface area (Å²) in [6.07, 6.45) is 2.21. The Morgan fingerprint density at radius 1 is 1.25 bits per heavy atom. The average molecular weight is 393 g/mol. The van der Waals surface area contributed by atoms with Gasteiger partial charge in [0.15, 0.2) is 0 Å². The van der Waals surface area contributed by atoms with E-state index in [2.05, 4.69) is 33.0 Å². The van der Waals surface area contributed by atoms with E-state index in [1.165, 1.54) is 23.2 Å². The number of anilines is 1. The lowest BCUT2D eigenvalue weighted by molar-refractivity contribution is 0.0287. The van der Waals surface area contributed by atoms with E-state index in [0.717, 1.165) is 37.1 Å². The van der Waals surface area contributed by atoms with Crippen molar-refractivity contribution < 1.29 is 9.53 Å². The molecule has 3 aliphatic heterocycles. The van der Waals surface area contributed by atoms with E-state index < -0.39 is 5.60 Å². The predicted octanol–water partition coefficient (Wildman–Crippen LogP) is 4.17. The standard InChI is InChI=1S/C19H25BrN2O2/c1-19(2,3)24-18(23)22-10-13-9-21-6-4-5-12-7-14(20)8-15(17(12)21)16(13)11-22/h7-8,13,16H,4-6,9-11H2,1-3H3/t13-,16-/m1/s1. The SMILES string of the molecule is CC(C)(C)OC(=O)N1C[C@H]2CN3CCCc4cc(Br)cc(c43)[C@@H]2C1. The molecule has 1 aromatic carbocycles. The van der Waals surface area contributed by atoms with Crippen molar-refractivity contribution in [1.29, 1.82) is 0 Å². The third-order valence-corrected chi connectivity index (χ3v) is 5.78. The summed E-state index contributed by atoms with van der Waals surface area (Å²) in [4.78, 5) is 16.9. The summed E-state index contributed by atoms with van der Waals surface area (Å²) in [5, 5.41) is 0. The Hall–Kier alpha value is -1.23. The summed E-state index contributed by atoms with van der Waals surface area (Å²) in [6, 6.07) is 4.54. The van der Waals surface area contributed by atoms with Gasteiger partial charge in [-0.25, -0.2) is 4.79 Å². The zero-order valence-electron chi connectivity index (χ0n) is 14.6. The highest BCUT2D eigenvalue weighted by atomic mass is 79.9. The fourth-order valence-electron chi connectivity index (χ4n) is 4.46. The number of ether oxygens (including phenoxy) is 1. The van der Waals surface area contributed by atoms with E-state index in [1.54, 1.807) is 0 Å². The number of rotatable bonds is 0. The maximum atomic E-state index is 12.5. The van der Waals surface area contributed by atoms with Gasteiger partial charge in [-0.1, -0.05) is 15.9 Å². The molecule has 0 aliphatic carbocycles. The molecule has 3 heterocycles. The number of hydrogen-bond donors (Lipinski definition) is 0. The average Bonchev–Trinajstić information content (AvgIpc) is 2.89. The van der Waals surface area contributed by atoms with Gasteiger partial charge in [0, 0.05) is 48.2 Å². The fraction of sp³-hybridized carbons (Fsp3) is 0.632. The van der Waals surface area contributed by atoms with Crippen LogP contribution in [0.2, 0.25) is 0 Å². The molecule has 1 aromatic rings. The van der Waals surface area contributed by atoms with Crippen LogP contribution in [0.15, 0.2) is 16.6 Å². The summed E-state index contributed by atoms with van der Waals surface area (Å²) in [7, 11) is 0. The number of halogens is 1. The van der Waals surface area contributed by atoms with Crippen LogP contribution in [0.1, 0.15) is 44.2 Å². The normalized spacial score (nSPS) is 25.3. The number of aryl methyl sites for hydroxylation is 1. The summed E-state index contributed by atoms with van der Waals surface area (Å²) in [6.45, 7) is 9.56. The summed E-state index contributed by atoms with van der Waals surface area (Å²) in [5.74, 6) is 0.934. The summed E-state index contributed by atoms with van der Waals surface area (Å²) >= 11 is 3.68. The van der Waals surface area contributed by atoms with Crippen molar-refractivity contribution in [3.63, 3.8) is 0 Å². The smallest absolute Gasteiger partial charge is 0.410 e. The van der Waals surface area contributed by atoms with Crippen LogP contribution in [0.3, 0.4) is 0 Å². The molecule has 0 saturated carbocycles. The molecule has 0 spiro atoms. The lowest BCUT2D eigenvalue weighted by Crippen LogP contribution is -2.41. The maximum Gasteiger partial charge on any atom is 0.410 e. The molecule has 1 fully saturated rings. The second-order valence-electron chi connectivity index (χ2n) is 8.30. The number of hydrogen-bond acceptors (Lipinski definition) is 3. The highest BCUT2D eigenvalue weighted by Gasteiger charge is 2.44. The Balaban J connectivity index is 1.63. The van der Waals surface area contributed by atoms with Crippen LogP contribution in [0.25, 0.3) is 0 Å². The third-order valence-electron chi connectivity index (χ3n) is 5.32. The zero-order chi connectivity index (χ0) is 17.1. The first-order valence-corrected chi connectivity index (χ1v) is 9.66. The Labute approximate surface area is 152 Å². The van der Waals surface area contributed by atoms with Gasteiger partial charge in [-0.15, -0.1) is 0 Å². The Kier molecular flexibility index (Phi) is 3.83. The van der Waals surface area contributed by atoms with Crippen molar-refractivity contribution in [2.45, 2.75) is 45.1 Å². The number of carbonyl (C=O) groups is 1. The van der Waals surface area contributed by atoms with Gasteiger partial charge >= 0.3 is 6.09 Å². The maximum absolute atomic E-state index is 12.5. The first-order chi connectivity index (χ1) is 11.3. The van der Waals surface area contributed by atoms with Crippen molar-refractivity contribution in [3.05, 3.63) is 27.7 Å². The topological polar surface area (TPSA) is 32.8 Å². The van der Waals surface area contributed by atoms with Gasteiger partial charge in [-0.05, 0) is 56.9 Å². The highest BCUT2D eigenvalue weighted by Crippen LogP contribution is 2.47. The monoisotopic (exact) mass is 392 g/mol. The second kappa shape index (κ2) is 5.65. The first kappa shape index (κ1) is 16.2. The van der Waals surface area contributed by atoms with Crippen molar-refractivity contribution >= 4 is 27.7 Å². The molecule has 0 unspecified atom stereocenters. The molecule has 4 rings (SSSR count). The number of carbonyl (C=O) groups excluding carboxylic acids is 1. The molecule has 0 radical (unpaired) electrons. The molecular weight excluding hydrogens is 368 g/mol. The fourth-order valence-corrected chi connectivity index (χ4v) is 4.98. The lowest BCUT2D eigenvalue weighted by Gasteiger charge is -2.41. The van der Waals surface area contributed by atoms with Crippen LogP contribution in [0.5, 0.6) is 0 Å². The Morgan fingerprint density at radius 2 is 2.04 bits per heavy atom. The summed E-state index contributed by atoms with van der Waals surface area (Å²) in [5.41, 5.74) is 3.88. The van der Waals surface area contributed by atoms with Crippen molar-refractivity contribution in [2.24, 2.45) is 5.92 Å². The zero-order valence-corrected chi connectivity index (χ0v) is 16.2. The van der Waals surface area contributed by atoms with Crippen LogP contribution >= 0.6 is 15.9 Å². The van der Waals surface area contributed by atoms with E-state index in [0.29, 0.717) is 11.8 Å². The van der Waals surface area contributed by atoms with Crippen molar-refractivity contribution in [3.8, 4) is 0 Å². The molecule has 24 heavy (non-hydrogen) atoms. The molecular formula is C19H25BrN2O2. The number of amides is 1. The van der Waals surface area contributed by atoms with E-state index in [9.17, 15) is 4.79 Å². The Bertz CT molecular complexity index is 683. The molecule has 1 saturated heterocycles. The molecule has 5 heteroatoms. The Morgan fingerprint density at radius 3 is 2.79 bits per heavy atom. The molecule has 0 aromatic heterocycles. The van der Waals surface area contributed by atoms with Crippen LogP contribution in [-0.4, -0.2) is 42.8 Å². The van der Waals surface area contributed by atoms with Crippen LogP contribution in [-0.2, 0) is 11.2 Å². The number of likely N-dealkylation sites (tertiary alicyclic amines) is 1. The van der Waals surface area contributed by atoms with Gasteiger partial charge in [0.05, 0.1) is 0 Å². The quantitative estimate of drug-likeness (QED) is 0.664. The largest absolute Gasteiger partial charge is 0.444 e. The summed E-state index contributed by atoms with van der Waals surface area (Å²) < 4.78 is 6.75. The van der Waals surface area contributed by atoms with Crippen LogP contribution < -0.4 is 4.90 Å². The number of fused-ring (bicyclic) bond motifs is 2. The number of benzene rings is 1. The number of nitrogens with zero attached hydrogens (tertiary/aromatic N) is 2. The van der Waals surface area contributed by atoms with Gasteiger partial charge in [-0.2, -0.15) is 0 Å². The molecule has 3 aliphatic rings. The van der Waals surface area contributed by atoms with Crippen LogP contribution in [0.4, 0.5) is 10.5 Å². The minimum Gasteiger partial charge on any atom is -0.444 e. The van der Waals surface area contributed by atoms with Gasteiger partial charge in [-0.3, -0.25) is 0 Å². The van der Waals surface area contributed by atoms with E-state index in [4.69, 9.17) is 4.74 Å². The minimum atomic E-state index is -0.437. The molecule has 1 amide bonds. The molecule has 130 valence electrons. The van der Waals surface area contributed by atoms with Gasteiger partial charge in [0.2, 0.25) is 0 Å². The van der Waals surface area contributed by atoms with Gasteiger partial charge in [0.25, 0.3) is 0 Å². The predicted molar refractivity (Wildman–Crippen MR) is 98.7 cm³/mol. The van der Waals surface area contributed by atoms with E-state index >= 15 is 0 Å². The van der Waals surface area contributed by atoms with Gasteiger partial charge < -0.3 is 14.5 Å². The molecule has 4 nitrogen and oxygen atoms in total. The van der Waals surface area contributed by atoms with Crippen LogP contribution in [0, 0.1) is 5.92 Å². The first-order valence-electron chi connectivity index (χ1n) is 8.87. The molecule has 0 bridgehead atoms. The van der Waals surface area contributed by atoms with Crippen molar-refractivity contribution in [2.75, 3.05) is 31.1 Å². The van der Waals surface area contributed by atoms with E-state index in [1.807, 2.05) is 25.7 Å². The highest BCUT2D eigenvalue weighted by molar-refractivity contribution is 9.10.